The average molecular weight is 363 g/mol. The second-order valence-corrected chi connectivity index (χ2v) is 7.09. The highest BCUT2D eigenvalue weighted by Crippen LogP contribution is 2.26. The molecule has 1 aliphatic rings. The maximum absolute atomic E-state index is 12.5. The molecule has 0 aliphatic carbocycles. The van der Waals surface area contributed by atoms with E-state index in [1.54, 1.807) is 24.4 Å². The fraction of sp³-hybridized carbons (Fsp3) is 0.267. The fourth-order valence-electron chi connectivity index (χ4n) is 2.05. The van der Waals surface area contributed by atoms with Gasteiger partial charge in [0.1, 0.15) is 0 Å². The number of nitrogens with two attached hydrogens (primary N) is 1. The molecule has 2 aromatic rings. The highest BCUT2D eigenvalue weighted by Gasteiger charge is 2.15. The number of amidine groups is 1. The predicted octanol–water partition coefficient (Wildman–Crippen LogP) is 2.08. The normalized spacial score (nSPS) is 14.8. The first kappa shape index (κ1) is 16.7. The first-order valence-electron chi connectivity index (χ1n) is 7.33. The van der Waals surface area contributed by atoms with Gasteiger partial charge in [-0.2, -0.15) is 0 Å². The third kappa shape index (κ3) is 3.86. The molecule has 9 heteroatoms. The van der Waals surface area contributed by atoms with Crippen molar-refractivity contribution in [2.24, 2.45) is 4.99 Å². The molecule has 7 nitrogen and oxygen atoms in total. The summed E-state index contributed by atoms with van der Waals surface area (Å²) in [6.45, 7) is 3.22. The number of aromatic nitrogens is 1. The minimum Gasteiger partial charge on any atom is -0.398 e. The maximum atomic E-state index is 12.5. The summed E-state index contributed by atoms with van der Waals surface area (Å²) in [5.41, 5.74) is 7.23. The van der Waals surface area contributed by atoms with Crippen LogP contribution in [0.4, 0.5) is 10.8 Å². The monoisotopic (exact) mass is 363 g/mol. The number of carbonyl (C=O) groups is 1. The Bertz CT molecular complexity index is 788. The standard InChI is InChI=1S/C15H17N5O2S2/c1-8(21)12-7-23-15(19-12)20-13(22)10-6-9(2-3-11(10)16)24-14-17-4-5-18-14/h2-3,6-8,21H,4-5,16H2,1H3,(H,17,18)(H,19,20,22). The minimum absolute atomic E-state index is 0.331. The highest BCUT2D eigenvalue weighted by molar-refractivity contribution is 8.13. The van der Waals surface area contributed by atoms with Gasteiger partial charge in [0.05, 0.1) is 23.9 Å². The zero-order valence-corrected chi connectivity index (χ0v) is 14.6. The molecule has 3 rings (SSSR count). The number of nitrogens with zero attached hydrogens (tertiary/aromatic N) is 2. The van der Waals surface area contributed by atoms with Crippen LogP contribution in [0.3, 0.4) is 0 Å². The van der Waals surface area contributed by atoms with Crippen LogP contribution in [0.2, 0.25) is 0 Å². The molecular weight excluding hydrogens is 346 g/mol. The van der Waals surface area contributed by atoms with Gasteiger partial charge in [0.2, 0.25) is 0 Å². The van der Waals surface area contributed by atoms with E-state index in [-0.39, 0.29) is 5.91 Å². The van der Waals surface area contributed by atoms with Gasteiger partial charge in [-0.15, -0.1) is 11.3 Å². The lowest BCUT2D eigenvalue weighted by Crippen LogP contribution is -2.16. The lowest BCUT2D eigenvalue weighted by molar-refractivity contribution is 0.102. The van der Waals surface area contributed by atoms with E-state index >= 15 is 0 Å². The van der Waals surface area contributed by atoms with E-state index in [4.69, 9.17) is 5.73 Å². The molecule has 0 saturated carbocycles. The highest BCUT2D eigenvalue weighted by atomic mass is 32.2. The van der Waals surface area contributed by atoms with E-state index in [9.17, 15) is 9.90 Å². The zero-order valence-electron chi connectivity index (χ0n) is 12.9. The number of thioether (sulfide) groups is 1. The number of aliphatic hydroxyl groups excluding tert-OH is 1. The number of anilines is 2. The van der Waals surface area contributed by atoms with E-state index in [2.05, 4.69) is 20.6 Å². The number of nitrogens with one attached hydrogen (secondary N) is 2. The SMILES string of the molecule is CC(O)c1csc(NC(=O)c2cc(SC3=NCCN3)ccc2N)n1. The van der Waals surface area contributed by atoms with Gasteiger partial charge in [0.25, 0.3) is 5.91 Å². The number of carbonyl (C=O) groups excluding carboxylic acids is 1. The summed E-state index contributed by atoms with van der Waals surface area (Å²) < 4.78 is 0. The summed E-state index contributed by atoms with van der Waals surface area (Å²) in [4.78, 5) is 21.8. The molecule has 1 aliphatic heterocycles. The van der Waals surface area contributed by atoms with Crippen LogP contribution in [0.5, 0.6) is 0 Å². The predicted molar refractivity (Wildman–Crippen MR) is 97.7 cm³/mol. The molecule has 1 aromatic heterocycles. The van der Waals surface area contributed by atoms with Gasteiger partial charge in [-0.1, -0.05) is 11.8 Å². The van der Waals surface area contributed by atoms with E-state index in [0.29, 0.717) is 22.1 Å². The second kappa shape index (κ2) is 7.20. The summed E-state index contributed by atoms with van der Waals surface area (Å²) in [6, 6.07) is 5.30. The Hall–Kier alpha value is -2.10. The molecule has 1 amide bonds. The Morgan fingerprint density at radius 3 is 3.04 bits per heavy atom. The molecular formula is C15H17N5O2S2. The number of hydrogen-bond acceptors (Lipinski definition) is 8. The number of hydrogen-bond donors (Lipinski definition) is 4. The van der Waals surface area contributed by atoms with E-state index in [1.807, 2.05) is 6.07 Å². The Balaban J connectivity index is 1.75. The van der Waals surface area contributed by atoms with Crippen LogP contribution in [0.15, 0.2) is 33.5 Å². The van der Waals surface area contributed by atoms with Crippen LogP contribution in [-0.2, 0) is 0 Å². The summed E-state index contributed by atoms with van der Waals surface area (Å²) in [7, 11) is 0. The fourth-order valence-corrected chi connectivity index (χ4v) is 3.71. The Morgan fingerprint density at radius 2 is 2.38 bits per heavy atom. The third-order valence-electron chi connectivity index (χ3n) is 3.30. The maximum Gasteiger partial charge on any atom is 0.259 e. The number of nitrogen functional groups attached to an aromatic ring is 1. The van der Waals surface area contributed by atoms with Crippen LogP contribution in [0.1, 0.15) is 29.1 Å². The molecule has 0 fully saturated rings. The summed E-state index contributed by atoms with van der Waals surface area (Å²) >= 11 is 2.72. The molecule has 0 spiro atoms. The Morgan fingerprint density at radius 1 is 1.54 bits per heavy atom. The summed E-state index contributed by atoms with van der Waals surface area (Å²) in [6.07, 6.45) is -0.670. The van der Waals surface area contributed by atoms with Crippen LogP contribution >= 0.6 is 23.1 Å². The number of thiazole rings is 1. The van der Waals surface area contributed by atoms with Crippen molar-refractivity contribution < 1.29 is 9.90 Å². The molecule has 1 unspecified atom stereocenters. The van der Waals surface area contributed by atoms with Crippen molar-refractivity contribution in [3.8, 4) is 0 Å². The number of aliphatic hydroxyl groups is 1. The Labute approximate surface area is 147 Å². The number of aliphatic imine (C=N–C) groups is 1. The largest absolute Gasteiger partial charge is 0.398 e. The van der Waals surface area contributed by atoms with Crippen molar-refractivity contribution in [1.29, 1.82) is 0 Å². The van der Waals surface area contributed by atoms with Gasteiger partial charge in [-0.3, -0.25) is 15.1 Å². The Kier molecular flexibility index (Phi) is 5.03. The summed E-state index contributed by atoms with van der Waals surface area (Å²) in [5.74, 6) is -0.331. The first-order valence-corrected chi connectivity index (χ1v) is 9.03. The van der Waals surface area contributed by atoms with Gasteiger partial charge in [0, 0.05) is 22.5 Å². The van der Waals surface area contributed by atoms with Crippen LogP contribution in [0, 0.1) is 0 Å². The topological polar surface area (TPSA) is 113 Å². The van der Waals surface area contributed by atoms with Crippen molar-refractivity contribution in [1.82, 2.24) is 10.3 Å². The van der Waals surface area contributed by atoms with Crippen molar-refractivity contribution in [2.45, 2.75) is 17.9 Å². The van der Waals surface area contributed by atoms with Crippen molar-refractivity contribution in [3.05, 3.63) is 34.8 Å². The number of rotatable bonds is 4. The molecule has 1 atom stereocenters. The van der Waals surface area contributed by atoms with Crippen molar-refractivity contribution in [2.75, 3.05) is 24.1 Å². The molecule has 0 saturated heterocycles. The third-order valence-corrected chi connectivity index (χ3v) is 5.03. The second-order valence-electron chi connectivity index (χ2n) is 5.17. The average Bonchev–Trinajstić information content (AvgIpc) is 3.21. The molecule has 24 heavy (non-hydrogen) atoms. The smallest absolute Gasteiger partial charge is 0.259 e. The van der Waals surface area contributed by atoms with Gasteiger partial charge in [0.15, 0.2) is 10.3 Å². The molecule has 0 bridgehead atoms. The van der Waals surface area contributed by atoms with Gasteiger partial charge in [-0.25, -0.2) is 4.98 Å². The van der Waals surface area contributed by atoms with Gasteiger partial charge in [-0.05, 0) is 25.1 Å². The van der Waals surface area contributed by atoms with Crippen LogP contribution < -0.4 is 16.4 Å². The molecule has 2 heterocycles. The van der Waals surface area contributed by atoms with E-state index in [0.717, 1.165) is 23.2 Å². The quantitative estimate of drug-likeness (QED) is 0.619. The van der Waals surface area contributed by atoms with Gasteiger partial charge < -0.3 is 16.2 Å². The molecule has 126 valence electrons. The van der Waals surface area contributed by atoms with Crippen molar-refractivity contribution in [3.63, 3.8) is 0 Å². The van der Waals surface area contributed by atoms with Crippen LogP contribution in [-0.4, -0.2) is 34.3 Å². The zero-order chi connectivity index (χ0) is 17.1. The lowest BCUT2D eigenvalue weighted by atomic mass is 10.1. The van der Waals surface area contributed by atoms with Crippen molar-refractivity contribution >= 4 is 45.0 Å². The molecule has 1 aromatic carbocycles. The first-order chi connectivity index (χ1) is 11.5. The summed E-state index contributed by atoms with van der Waals surface area (Å²) in [5, 5.41) is 18.4. The van der Waals surface area contributed by atoms with E-state index < -0.39 is 6.10 Å². The lowest BCUT2D eigenvalue weighted by Gasteiger charge is -2.08. The van der Waals surface area contributed by atoms with Crippen LogP contribution in [0.25, 0.3) is 0 Å². The minimum atomic E-state index is -0.670. The van der Waals surface area contributed by atoms with E-state index in [1.165, 1.54) is 23.1 Å². The molecule has 0 radical (unpaired) electrons. The van der Waals surface area contributed by atoms with Gasteiger partial charge >= 0.3 is 0 Å². The number of benzene rings is 1. The number of amides is 1. The molecule has 5 N–H and O–H groups in total.